The molecule has 4 heteroatoms. The van der Waals surface area contributed by atoms with Crippen LogP contribution in [0.25, 0.3) is 25.9 Å². The fraction of sp³-hybridized carbons (Fsp3) is 0.176. The number of halogens is 1. The average molecular weight is 313 g/mol. The topological polar surface area (TPSA) is 25.8 Å². The molecule has 4 rings (SSSR count). The average Bonchev–Trinajstić information content (AvgIpc) is 2.86. The molecule has 1 unspecified atom stereocenters. The van der Waals surface area contributed by atoms with Gasteiger partial charge in [0.15, 0.2) is 0 Å². The quantitative estimate of drug-likeness (QED) is 0.556. The van der Waals surface area contributed by atoms with Gasteiger partial charge in [0, 0.05) is 10.1 Å². The first-order chi connectivity index (χ1) is 10.2. The molecule has 2 nitrogen and oxygen atoms in total. The van der Waals surface area contributed by atoms with Gasteiger partial charge in [-0.1, -0.05) is 43.4 Å². The fourth-order valence-electron chi connectivity index (χ4n) is 2.66. The summed E-state index contributed by atoms with van der Waals surface area (Å²) >= 11 is 7.89. The molecule has 0 fully saturated rings. The second-order valence-corrected chi connectivity index (χ2v) is 6.74. The van der Waals surface area contributed by atoms with Gasteiger partial charge in [0.2, 0.25) is 5.28 Å². The molecule has 0 radical (unpaired) electrons. The molecule has 2 aromatic heterocycles. The van der Waals surface area contributed by atoms with Crippen LogP contribution in [0, 0.1) is 5.92 Å². The van der Waals surface area contributed by atoms with Crippen LogP contribution < -0.4 is 0 Å². The lowest BCUT2D eigenvalue weighted by atomic mass is 9.96. The van der Waals surface area contributed by atoms with Crippen LogP contribution in [-0.2, 0) is 0 Å². The highest BCUT2D eigenvalue weighted by Gasteiger charge is 2.16. The largest absolute Gasteiger partial charge is 0.223 e. The Balaban J connectivity index is 2.03. The van der Waals surface area contributed by atoms with Gasteiger partial charge in [0.25, 0.3) is 0 Å². The SMILES string of the molecule is CC1C=CC(c2nc(Cl)nc3c2sc2ccccc23)=CC1. The highest BCUT2D eigenvalue weighted by Crippen LogP contribution is 2.38. The van der Waals surface area contributed by atoms with Crippen molar-refractivity contribution in [2.75, 3.05) is 0 Å². The number of fused-ring (bicyclic) bond motifs is 3. The van der Waals surface area contributed by atoms with Crippen LogP contribution in [0.5, 0.6) is 0 Å². The van der Waals surface area contributed by atoms with E-state index in [2.05, 4.69) is 47.3 Å². The van der Waals surface area contributed by atoms with E-state index >= 15 is 0 Å². The Hall–Kier alpha value is -1.71. The van der Waals surface area contributed by atoms with Crippen LogP contribution in [0.4, 0.5) is 0 Å². The van der Waals surface area contributed by atoms with Gasteiger partial charge in [-0.15, -0.1) is 11.3 Å². The van der Waals surface area contributed by atoms with Crippen molar-refractivity contribution in [1.82, 2.24) is 9.97 Å². The molecule has 0 N–H and O–H groups in total. The zero-order valence-corrected chi connectivity index (χ0v) is 13.1. The number of hydrogen-bond acceptors (Lipinski definition) is 3. The molecule has 21 heavy (non-hydrogen) atoms. The highest BCUT2D eigenvalue weighted by molar-refractivity contribution is 7.26. The smallest absolute Gasteiger partial charge is 0.216 e. The van der Waals surface area contributed by atoms with E-state index in [0.717, 1.165) is 33.3 Å². The lowest BCUT2D eigenvalue weighted by Gasteiger charge is -2.11. The van der Waals surface area contributed by atoms with Gasteiger partial charge in [-0.2, -0.15) is 0 Å². The number of nitrogens with zero attached hydrogens (tertiary/aromatic N) is 2. The van der Waals surface area contributed by atoms with Crippen molar-refractivity contribution in [3.63, 3.8) is 0 Å². The predicted octanol–water partition coefficient (Wildman–Crippen LogP) is 5.48. The number of thiophene rings is 1. The minimum absolute atomic E-state index is 0.314. The minimum atomic E-state index is 0.314. The third-order valence-corrected chi connectivity index (χ3v) is 5.12. The summed E-state index contributed by atoms with van der Waals surface area (Å²) in [5.74, 6) is 0.587. The van der Waals surface area contributed by atoms with Crippen molar-refractivity contribution in [3.05, 3.63) is 53.5 Å². The van der Waals surface area contributed by atoms with Gasteiger partial charge in [0.1, 0.15) is 0 Å². The second-order valence-electron chi connectivity index (χ2n) is 5.35. The van der Waals surface area contributed by atoms with E-state index < -0.39 is 0 Å². The molecule has 1 aromatic carbocycles. The maximum atomic E-state index is 6.16. The zero-order chi connectivity index (χ0) is 14.4. The molecule has 0 aliphatic heterocycles. The molecule has 1 aliphatic rings. The summed E-state index contributed by atoms with van der Waals surface area (Å²) < 4.78 is 2.34. The minimum Gasteiger partial charge on any atom is -0.216 e. The molecule has 1 atom stereocenters. The molecule has 3 aromatic rings. The van der Waals surface area contributed by atoms with Crippen molar-refractivity contribution >= 4 is 48.8 Å². The molecule has 1 aliphatic carbocycles. The fourth-order valence-corrected chi connectivity index (χ4v) is 3.98. The Morgan fingerprint density at radius 3 is 2.90 bits per heavy atom. The van der Waals surface area contributed by atoms with Crippen molar-refractivity contribution in [2.24, 2.45) is 5.92 Å². The summed E-state index contributed by atoms with van der Waals surface area (Å²) in [6.07, 6.45) is 7.66. The summed E-state index contributed by atoms with van der Waals surface area (Å²) in [4.78, 5) is 8.94. The van der Waals surface area contributed by atoms with Crippen LogP contribution in [0.15, 0.2) is 42.5 Å². The summed E-state index contributed by atoms with van der Waals surface area (Å²) in [6.45, 7) is 2.21. The first kappa shape index (κ1) is 13.0. The van der Waals surface area contributed by atoms with Crippen LogP contribution in [0.3, 0.4) is 0 Å². The Kier molecular flexibility index (Phi) is 3.05. The molecule has 0 bridgehead atoms. The van der Waals surface area contributed by atoms with E-state index in [1.54, 1.807) is 11.3 Å². The zero-order valence-electron chi connectivity index (χ0n) is 11.5. The van der Waals surface area contributed by atoms with Gasteiger partial charge in [-0.05, 0) is 35.6 Å². The van der Waals surface area contributed by atoms with Gasteiger partial charge in [0.05, 0.1) is 15.9 Å². The van der Waals surface area contributed by atoms with Gasteiger partial charge < -0.3 is 0 Å². The third kappa shape index (κ3) is 2.17. The lowest BCUT2D eigenvalue weighted by molar-refractivity contribution is 0.739. The van der Waals surface area contributed by atoms with E-state index in [9.17, 15) is 0 Å². The Morgan fingerprint density at radius 2 is 2.10 bits per heavy atom. The predicted molar refractivity (Wildman–Crippen MR) is 90.8 cm³/mol. The van der Waals surface area contributed by atoms with Crippen LogP contribution >= 0.6 is 22.9 Å². The standard InChI is InChI=1S/C17H13ClN2S/c1-10-6-8-11(9-7-10)14-16-15(20-17(18)19-14)12-4-2-3-5-13(12)21-16/h2-6,8-10H,7H2,1H3. The summed E-state index contributed by atoms with van der Waals surface area (Å²) in [7, 11) is 0. The Labute approximate surface area is 131 Å². The summed E-state index contributed by atoms with van der Waals surface area (Å²) in [5.41, 5.74) is 3.06. The van der Waals surface area contributed by atoms with Crippen LogP contribution in [0.2, 0.25) is 5.28 Å². The summed E-state index contributed by atoms with van der Waals surface area (Å²) in [5, 5.41) is 1.46. The monoisotopic (exact) mass is 312 g/mol. The van der Waals surface area contributed by atoms with Gasteiger partial charge >= 0.3 is 0 Å². The maximum absolute atomic E-state index is 6.16. The van der Waals surface area contributed by atoms with Gasteiger partial charge in [-0.3, -0.25) is 0 Å². The molecular weight excluding hydrogens is 300 g/mol. The molecule has 0 saturated heterocycles. The third-order valence-electron chi connectivity index (χ3n) is 3.78. The van der Waals surface area contributed by atoms with Gasteiger partial charge in [-0.25, -0.2) is 9.97 Å². The van der Waals surface area contributed by atoms with E-state index in [-0.39, 0.29) is 0 Å². The number of rotatable bonds is 1. The number of benzene rings is 1. The molecule has 104 valence electrons. The molecule has 0 saturated carbocycles. The normalized spacial score (nSPS) is 18.4. The molecular formula is C17H13ClN2S. The number of allylic oxidation sites excluding steroid dienone is 4. The summed E-state index contributed by atoms with van der Waals surface area (Å²) in [6, 6.07) is 8.29. The van der Waals surface area contributed by atoms with Crippen molar-refractivity contribution in [3.8, 4) is 0 Å². The van der Waals surface area contributed by atoms with Crippen LogP contribution in [-0.4, -0.2) is 9.97 Å². The second kappa shape index (κ2) is 4.93. The Morgan fingerprint density at radius 1 is 1.24 bits per heavy atom. The van der Waals surface area contributed by atoms with Crippen molar-refractivity contribution in [1.29, 1.82) is 0 Å². The van der Waals surface area contributed by atoms with Crippen molar-refractivity contribution < 1.29 is 0 Å². The number of hydrogen-bond donors (Lipinski definition) is 0. The molecule has 2 heterocycles. The van der Waals surface area contributed by atoms with E-state index in [4.69, 9.17) is 11.6 Å². The first-order valence-corrected chi connectivity index (χ1v) is 8.15. The first-order valence-electron chi connectivity index (χ1n) is 6.96. The maximum Gasteiger partial charge on any atom is 0.223 e. The van der Waals surface area contributed by atoms with E-state index in [0.29, 0.717) is 11.2 Å². The lowest BCUT2D eigenvalue weighted by Crippen LogP contribution is -1.97. The van der Waals surface area contributed by atoms with E-state index in [1.807, 2.05) is 12.1 Å². The number of aromatic nitrogens is 2. The van der Waals surface area contributed by atoms with Crippen molar-refractivity contribution in [2.45, 2.75) is 13.3 Å². The molecule has 0 amide bonds. The molecule has 0 spiro atoms. The highest BCUT2D eigenvalue weighted by atomic mass is 35.5. The Bertz CT molecular complexity index is 908. The van der Waals surface area contributed by atoms with E-state index in [1.165, 1.54) is 4.70 Å². The van der Waals surface area contributed by atoms with Crippen LogP contribution in [0.1, 0.15) is 19.0 Å².